The Labute approximate surface area is 199 Å². The van der Waals surface area contributed by atoms with Crippen molar-refractivity contribution in [3.8, 4) is 17.2 Å². The van der Waals surface area contributed by atoms with Crippen LogP contribution in [0.2, 0.25) is 0 Å². The number of aliphatic hydroxyl groups is 1. The van der Waals surface area contributed by atoms with Gasteiger partial charge < -0.3 is 24.7 Å². The Hall–Kier alpha value is -4.72. The molecule has 1 saturated heterocycles. The first-order valence-corrected chi connectivity index (χ1v) is 11.1. The van der Waals surface area contributed by atoms with Gasteiger partial charge in [0.05, 0.1) is 17.3 Å². The SMILES string of the molecule is O=C1C(=O)N(c2ccccc2O)C(c2c[nH]c3ccccc23)/C1=C(\O)c1ccc2c(c1)OCCO2. The van der Waals surface area contributed by atoms with Crippen LogP contribution in [0.3, 0.4) is 0 Å². The van der Waals surface area contributed by atoms with E-state index in [4.69, 9.17) is 9.47 Å². The van der Waals surface area contributed by atoms with Gasteiger partial charge in [0.25, 0.3) is 11.7 Å². The van der Waals surface area contributed by atoms with Crippen LogP contribution in [-0.2, 0) is 9.59 Å². The van der Waals surface area contributed by atoms with Crippen molar-refractivity contribution >= 4 is 34.0 Å². The number of H-pyrrole nitrogens is 1. The fourth-order valence-corrected chi connectivity index (χ4v) is 4.71. The molecule has 1 amide bonds. The van der Waals surface area contributed by atoms with Crippen molar-refractivity contribution in [2.24, 2.45) is 0 Å². The van der Waals surface area contributed by atoms with E-state index in [0.717, 1.165) is 10.9 Å². The van der Waals surface area contributed by atoms with Gasteiger partial charge >= 0.3 is 0 Å². The molecule has 35 heavy (non-hydrogen) atoms. The number of hydrogen-bond acceptors (Lipinski definition) is 6. The topological polar surface area (TPSA) is 112 Å². The van der Waals surface area contributed by atoms with Gasteiger partial charge in [0, 0.05) is 28.2 Å². The molecule has 0 spiro atoms. The summed E-state index contributed by atoms with van der Waals surface area (Å²) < 4.78 is 11.2. The van der Waals surface area contributed by atoms with Gasteiger partial charge in [-0.05, 0) is 36.4 Å². The standard InChI is InChI=1S/C27H20N2O6/c30-20-8-4-3-7-19(20)29-24(17-14-28-18-6-2-1-5-16(17)18)23(26(32)27(29)33)25(31)15-9-10-21-22(13-15)35-12-11-34-21/h1-10,13-14,24,28,30-31H,11-12H2/b25-23+. The van der Waals surface area contributed by atoms with Crippen molar-refractivity contribution in [2.75, 3.05) is 18.1 Å². The maximum Gasteiger partial charge on any atom is 0.300 e. The van der Waals surface area contributed by atoms with Gasteiger partial charge in [0.1, 0.15) is 24.7 Å². The zero-order valence-electron chi connectivity index (χ0n) is 18.4. The van der Waals surface area contributed by atoms with E-state index in [1.807, 2.05) is 24.3 Å². The number of hydrogen-bond donors (Lipinski definition) is 3. The lowest BCUT2D eigenvalue weighted by molar-refractivity contribution is -0.132. The maximum atomic E-state index is 13.4. The summed E-state index contributed by atoms with van der Waals surface area (Å²) >= 11 is 0. The van der Waals surface area contributed by atoms with Crippen LogP contribution < -0.4 is 14.4 Å². The molecule has 2 aliphatic heterocycles. The molecule has 1 aromatic heterocycles. The number of benzene rings is 3. The minimum Gasteiger partial charge on any atom is -0.507 e. The van der Waals surface area contributed by atoms with E-state index in [0.29, 0.717) is 35.8 Å². The number of para-hydroxylation sites is 3. The summed E-state index contributed by atoms with van der Waals surface area (Å²) in [5.41, 5.74) is 1.83. The van der Waals surface area contributed by atoms with Crippen LogP contribution in [0.4, 0.5) is 5.69 Å². The smallest absolute Gasteiger partial charge is 0.300 e. The first-order chi connectivity index (χ1) is 17.0. The predicted octanol–water partition coefficient (Wildman–Crippen LogP) is 4.27. The molecule has 3 aromatic carbocycles. The minimum atomic E-state index is -0.979. The van der Waals surface area contributed by atoms with Crippen molar-refractivity contribution in [1.82, 2.24) is 4.98 Å². The number of aromatic nitrogens is 1. The van der Waals surface area contributed by atoms with Crippen LogP contribution >= 0.6 is 0 Å². The number of ketones is 1. The number of phenolic OH excluding ortho intramolecular Hbond substituents is 1. The maximum absolute atomic E-state index is 13.4. The molecule has 1 atom stereocenters. The number of fused-ring (bicyclic) bond motifs is 2. The van der Waals surface area contributed by atoms with Gasteiger partial charge in [-0.25, -0.2) is 0 Å². The Morgan fingerprint density at radius 2 is 1.69 bits per heavy atom. The van der Waals surface area contributed by atoms with Crippen molar-refractivity contribution in [3.05, 3.63) is 89.6 Å². The minimum absolute atomic E-state index is 0.0836. The molecule has 4 aromatic rings. The van der Waals surface area contributed by atoms with Gasteiger partial charge in [0.2, 0.25) is 0 Å². The van der Waals surface area contributed by atoms with Gasteiger partial charge in [-0.15, -0.1) is 0 Å². The highest BCUT2D eigenvalue weighted by molar-refractivity contribution is 6.52. The van der Waals surface area contributed by atoms with Crippen LogP contribution in [0, 0.1) is 0 Å². The summed E-state index contributed by atoms with van der Waals surface area (Å²) in [6.07, 6.45) is 1.71. The zero-order valence-corrected chi connectivity index (χ0v) is 18.4. The molecule has 0 bridgehead atoms. The first kappa shape index (κ1) is 20.9. The van der Waals surface area contributed by atoms with E-state index in [1.165, 1.54) is 11.0 Å². The van der Waals surface area contributed by atoms with Crippen LogP contribution in [0.1, 0.15) is 17.2 Å². The fraction of sp³-hybridized carbons (Fsp3) is 0.111. The fourth-order valence-electron chi connectivity index (χ4n) is 4.71. The number of Topliss-reactive ketones (excluding diaryl/α,β-unsaturated/α-hetero) is 1. The van der Waals surface area contributed by atoms with Crippen LogP contribution in [-0.4, -0.2) is 40.1 Å². The summed E-state index contributed by atoms with van der Waals surface area (Å²) in [6, 6.07) is 17.7. The molecular formula is C27H20N2O6. The van der Waals surface area contributed by atoms with E-state index in [9.17, 15) is 19.8 Å². The Bertz CT molecular complexity index is 1540. The first-order valence-electron chi connectivity index (χ1n) is 11.1. The highest BCUT2D eigenvalue weighted by atomic mass is 16.6. The van der Waals surface area contributed by atoms with Crippen molar-refractivity contribution in [3.63, 3.8) is 0 Å². The zero-order chi connectivity index (χ0) is 24.1. The molecule has 3 heterocycles. The molecule has 1 fully saturated rings. The number of aromatic hydroxyl groups is 1. The van der Waals surface area contributed by atoms with Crippen molar-refractivity contribution in [1.29, 1.82) is 0 Å². The lowest BCUT2D eigenvalue weighted by Crippen LogP contribution is -2.29. The molecular weight excluding hydrogens is 448 g/mol. The van der Waals surface area contributed by atoms with Gasteiger partial charge in [-0.2, -0.15) is 0 Å². The number of amides is 1. The number of carbonyl (C=O) groups is 2. The molecule has 8 heteroatoms. The number of rotatable bonds is 3. The molecule has 0 radical (unpaired) electrons. The second-order valence-corrected chi connectivity index (χ2v) is 8.31. The van der Waals surface area contributed by atoms with E-state index in [1.54, 1.807) is 42.6 Å². The number of aromatic amines is 1. The molecule has 6 rings (SSSR count). The molecule has 174 valence electrons. The third-order valence-electron chi connectivity index (χ3n) is 6.32. The Kier molecular flexibility index (Phi) is 4.74. The Balaban J connectivity index is 1.59. The summed E-state index contributed by atoms with van der Waals surface area (Å²) in [5.74, 6) is -1.21. The van der Waals surface area contributed by atoms with Gasteiger partial charge in [0.15, 0.2) is 11.5 Å². The number of nitrogens with zero attached hydrogens (tertiary/aromatic N) is 1. The van der Waals surface area contributed by atoms with E-state index >= 15 is 0 Å². The second-order valence-electron chi connectivity index (χ2n) is 8.31. The summed E-state index contributed by atoms with van der Waals surface area (Å²) in [6.45, 7) is 0.787. The molecule has 0 aliphatic carbocycles. The molecule has 8 nitrogen and oxygen atoms in total. The number of ether oxygens (including phenoxy) is 2. The lowest BCUT2D eigenvalue weighted by atomic mass is 9.94. The number of carbonyl (C=O) groups excluding carboxylic acids is 2. The monoisotopic (exact) mass is 468 g/mol. The number of anilines is 1. The summed E-state index contributed by atoms with van der Waals surface area (Å²) in [4.78, 5) is 31.1. The highest BCUT2D eigenvalue weighted by Crippen LogP contribution is 2.46. The lowest BCUT2D eigenvalue weighted by Gasteiger charge is -2.25. The number of aliphatic hydroxyl groups excluding tert-OH is 1. The van der Waals surface area contributed by atoms with E-state index in [2.05, 4.69) is 4.98 Å². The average Bonchev–Trinajstić information content (AvgIpc) is 3.42. The van der Waals surface area contributed by atoms with Crippen LogP contribution in [0.15, 0.2) is 78.5 Å². The molecule has 3 N–H and O–H groups in total. The average molecular weight is 468 g/mol. The summed E-state index contributed by atoms with van der Waals surface area (Å²) in [5, 5.41) is 22.7. The Morgan fingerprint density at radius 1 is 0.943 bits per heavy atom. The number of nitrogens with one attached hydrogen (secondary N) is 1. The number of phenols is 1. The third kappa shape index (κ3) is 3.22. The van der Waals surface area contributed by atoms with Crippen LogP contribution in [0.25, 0.3) is 16.7 Å². The normalized spacial score (nSPS) is 18.9. The van der Waals surface area contributed by atoms with E-state index in [-0.39, 0.29) is 22.8 Å². The van der Waals surface area contributed by atoms with Gasteiger partial charge in [-0.1, -0.05) is 30.3 Å². The second kappa shape index (κ2) is 7.95. The highest BCUT2D eigenvalue weighted by Gasteiger charge is 2.48. The molecule has 0 saturated carbocycles. The quantitative estimate of drug-likeness (QED) is 0.235. The van der Waals surface area contributed by atoms with E-state index < -0.39 is 17.7 Å². The summed E-state index contributed by atoms with van der Waals surface area (Å²) in [7, 11) is 0. The van der Waals surface area contributed by atoms with Crippen LogP contribution in [0.5, 0.6) is 17.2 Å². The van der Waals surface area contributed by atoms with Gasteiger partial charge in [-0.3, -0.25) is 14.5 Å². The largest absolute Gasteiger partial charge is 0.507 e. The van der Waals surface area contributed by atoms with Crippen molar-refractivity contribution < 1.29 is 29.3 Å². The Morgan fingerprint density at radius 3 is 2.51 bits per heavy atom. The molecule has 1 unspecified atom stereocenters. The molecule has 2 aliphatic rings. The third-order valence-corrected chi connectivity index (χ3v) is 6.32. The van der Waals surface area contributed by atoms with Crippen molar-refractivity contribution in [2.45, 2.75) is 6.04 Å². The predicted molar refractivity (Wildman–Crippen MR) is 129 cm³/mol.